The maximum atomic E-state index is 13.4. The molecule has 0 fully saturated rings. The van der Waals surface area contributed by atoms with E-state index in [4.69, 9.17) is 4.74 Å². The first-order valence-corrected chi connectivity index (χ1v) is 7.73. The number of benzene rings is 2. The van der Waals surface area contributed by atoms with E-state index in [9.17, 15) is 14.3 Å². The van der Waals surface area contributed by atoms with Crippen LogP contribution in [-0.2, 0) is 16.9 Å². The maximum Gasteiger partial charge on any atom is 0.258 e. The molecule has 0 aliphatic rings. The molecule has 0 spiro atoms. The summed E-state index contributed by atoms with van der Waals surface area (Å²) in [5.74, 6) is -0.0352. The fourth-order valence-corrected chi connectivity index (χ4v) is 2.11. The fraction of sp³-hybridized carbons (Fsp3) is 0.316. The molecule has 128 valence electrons. The SMILES string of the molecule is Cc1ccc(CNC(=O)COc2ccc(C(C)(C)O)cc2)cc1F. The van der Waals surface area contributed by atoms with Crippen LogP contribution in [0.1, 0.15) is 30.5 Å². The molecule has 0 aliphatic heterocycles. The molecule has 4 nitrogen and oxygen atoms in total. The van der Waals surface area contributed by atoms with Crippen LogP contribution in [0.25, 0.3) is 0 Å². The van der Waals surface area contributed by atoms with Crippen molar-refractivity contribution in [3.05, 3.63) is 65.0 Å². The van der Waals surface area contributed by atoms with Crippen LogP contribution in [0.5, 0.6) is 5.75 Å². The molecule has 1 amide bonds. The number of carbonyl (C=O) groups is 1. The molecule has 5 heteroatoms. The topological polar surface area (TPSA) is 58.6 Å². The molecule has 0 aliphatic carbocycles. The van der Waals surface area contributed by atoms with Gasteiger partial charge in [0.25, 0.3) is 5.91 Å². The van der Waals surface area contributed by atoms with E-state index in [1.54, 1.807) is 57.2 Å². The highest BCUT2D eigenvalue weighted by molar-refractivity contribution is 5.77. The molecular weight excluding hydrogens is 309 g/mol. The Morgan fingerprint density at radius 1 is 1.21 bits per heavy atom. The minimum atomic E-state index is -0.917. The summed E-state index contributed by atoms with van der Waals surface area (Å²) in [4.78, 5) is 11.8. The Hall–Kier alpha value is -2.40. The van der Waals surface area contributed by atoms with Gasteiger partial charge in [-0.05, 0) is 55.7 Å². The van der Waals surface area contributed by atoms with Crippen molar-refractivity contribution < 1.29 is 19.0 Å². The van der Waals surface area contributed by atoms with Gasteiger partial charge in [-0.1, -0.05) is 24.3 Å². The van der Waals surface area contributed by atoms with Crippen LogP contribution in [0.2, 0.25) is 0 Å². The number of hydrogen-bond donors (Lipinski definition) is 2. The first-order chi connectivity index (χ1) is 11.3. The molecule has 0 aromatic heterocycles. The van der Waals surface area contributed by atoms with E-state index < -0.39 is 5.60 Å². The van der Waals surface area contributed by atoms with E-state index in [0.717, 1.165) is 5.56 Å². The highest BCUT2D eigenvalue weighted by Crippen LogP contribution is 2.22. The molecule has 2 rings (SSSR count). The van der Waals surface area contributed by atoms with Crippen LogP contribution in [-0.4, -0.2) is 17.6 Å². The summed E-state index contributed by atoms with van der Waals surface area (Å²) in [5.41, 5.74) is 1.11. The fourth-order valence-electron chi connectivity index (χ4n) is 2.11. The Balaban J connectivity index is 1.81. The Kier molecular flexibility index (Phi) is 5.57. The van der Waals surface area contributed by atoms with Gasteiger partial charge in [0.1, 0.15) is 11.6 Å². The predicted octanol–water partition coefficient (Wildman–Crippen LogP) is 3.06. The highest BCUT2D eigenvalue weighted by Gasteiger charge is 2.15. The first-order valence-electron chi connectivity index (χ1n) is 7.73. The lowest BCUT2D eigenvalue weighted by Gasteiger charge is -2.17. The average molecular weight is 331 g/mol. The van der Waals surface area contributed by atoms with E-state index in [0.29, 0.717) is 16.9 Å². The Morgan fingerprint density at radius 3 is 2.46 bits per heavy atom. The quantitative estimate of drug-likeness (QED) is 0.855. The number of aryl methyl sites for hydroxylation is 1. The van der Waals surface area contributed by atoms with E-state index in [1.807, 2.05) is 0 Å². The summed E-state index contributed by atoms with van der Waals surface area (Å²) in [6.45, 7) is 5.20. The number of rotatable bonds is 6. The summed E-state index contributed by atoms with van der Waals surface area (Å²) in [7, 11) is 0. The number of hydrogen-bond acceptors (Lipinski definition) is 3. The van der Waals surface area contributed by atoms with Crippen molar-refractivity contribution in [3.63, 3.8) is 0 Å². The van der Waals surface area contributed by atoms with Gasteiger partial charge in [-0.2, -0.15) is 0 Å². The van der Waals surface area contributed by atoms with Crippen LogP contribution >= 0.6 is 0 Å². The minimum absolute atomic E-state index is 0.129. The third-order valence-corrected chi connectivity index (χ3v) is 3.66. The standard InChI is InChI=1S/C19H22FNO3/c1-13-4-5-14(10-17(13)20)11-21-18(22)12-24-16-8-6-15(7-9-16)19(2,3)23/h4-10,23H,11-12H2,1-3H3,(H,21,22). The molecule has 0 atom stereocenters. The second-order valence-electron chi connectivity index (χ2n) is 6.23. The van der Waals surface area contributed by atoms with Crippen LogP contribution < -0.4 is 10.1 Å². The summed E-state index contributed by atoms with van der Waals surface area (Å²) in [5, 5.41) is 12.6. The zero-order valence-corrected chi connectivity index (χ0v) is 14.1. The Bertz CT molecular complexity index is 706. The summed E-state index contributed by atoms with van der Waals surface area (Å²) < 4.78 is 18.8. The number of halogens is 1. The van der Waals surface area contributed by atoms with Crippen molar-refractivity contribution in [2.75, 3.05) is 6.61 Å². The van der Waals surface area contributed by atoms with E-state index in [-0.39, 0.29) is 24.9 Å². The van der Waals surface area contributed by atoms with Crippen LogP contribution in [0, 0.1) is 12.7 Å². The normalized spacial score (nSPS) is 11.2. The molecule has 0 unspecified atom stereocenters. The average Bonchev–Trinajstić information content (AvgIpc) is 2.53. The van der Waals surface area contributed by atoms with Crippen molar-refractivity contribution in [3.8, 4) is 5.75 Å². The minimum Gasteiger partial charge on any atom is -0.484 e. The zero-order valence-electron chi connectivity index (χ0n) is 14.1. The number of aliphatic hydroxyl groups is 1. The number of carbonyl (C=O) groups excluding carboxylic acids is 1. The van der Waals surface area contributed by atoms with E-state index in [2.05, 4.69) is 5.32 Å². The third-order valence-electron chi connectivity index (χ3n) is 3.66. The van der Waals surface area contributed by atoms with Gasteiger partial charge in [0.2, 0.25) is 0 Å². The van der Waals surface area contributed by atoms with Crippen LogP contribution in [0.3, 0.4) is 0 Å². The second-order valence-corrected chi connectivity index (χ2v) is 6.23. The number of nitrogens with one attached hydrogen (secondary N) is 1. The van der Waals surface area contributed by atoms with Crippen LogP contribution in [0.4, 0.5) is 4.39 Å². The van der Waals surface area contributed by atoms with Crippen molar-refractivity contribution in [2.24, 2.45) is 0 Å². The lowest BCUT2D eigenvalue weighted by molar-refractivity contribution is -0.123. The van der Waals surface area contributed by atoms with Gasteiger partial charge in [-0.3, -0.25) is 4.79 Å². The Morgan fingerprint density at radius 2 is 1.88 bits per heavy atom. The molecule has 2 aromatic rings. The molecular formula is C19H22FNO3. The Labute approximate surface area is 141 Å². The van der Waals surface area contributed by atoms with E-state index in [1.165, 1.54) is 6.07 Å². The van der Waals surface area contributed by atoms with Gasteiger partial charge in [-0.25, -0.2) is 4.39 Å². The predicted molar refractivity (Wildman–Crippen MR) is 90.2 cm³/mol. The van der Waals surface area contributed by atoms with Gasteiger partial charge in [-0.15, -0.1) is 0 Å². The first kappa shape index (κ1) is 17.9. The van der Waals surface area contributed by atoms with Crippen molar-refractivity contribution in [1.29, 1.82) is 0 Å². The van der Waals surface area contributed by atoms with Gasteiger partial charge in [0.05, 0.1) is 5.60 Å². The van der Waals surface area contributed by atoms with E-state index >= 15 is 0 Å². The lowest BCUT2D eigenvalue weighted by Crippen LogP contribution is -2.28. The van der Waals surface area contributed by atoms with Crippen LogP contribution in [0.15, 0.2) is 42.5 Å². The molecule has 0 radical (unpaired) electrons. The van der Waals surface area contributed by atoms with Gasteiger partial charge in [0.15, 0.2) is 6.61 Å². The van der Waals surface area contributed by atoms with Gasteiger partial charge in [0, 0.05) is 6.54 Å². The van der Waals surface area contributed by atoms with Gasteiger partial charge < -0.3 is 15.2 Å². The zero-order chi connectivity index (χ0) is 17.7. The summed E-state index contributed by atoms with van der Waals surface area (Å²) in [6, 6.07) is 11.8. The maximum absolute atomic E-state index is 13.4. The molecule has 0 saturated carbocycles. The van der Waals surface area contributed by atoms with Crippen molar-refractivity contribution in [1.82, 2.24) is 5.32 Å². The summed E-state index contributed by atoms with van der Waals surface area (Å²) in [6.07, 6.45) is 0. The van der Waals surface area contributed by atoms with Crippen molar-refractivity contribution in [2.45, 2.75) is 32.9 Å². The van der Waals surface area contributed by atoms with Crippen molar-refractivity contribution >= 4 is 5.91 Å². The molecule has 2 N–H and O–H groups in total. The summed E-state index contributed by atoms with van der Waals surface area (Å²) >= 11 is 0. The second kappa shape index (κ2) is 7.45. The number of ether oxygens (including phenoxy) is 1. The number of amides is 1. The molecule has 0 heterocycles. The molecule has 24 heavy (non-hydrogen) atoms. The molecule has 2 aromatic carbocycles. The largest absolute Gasteiger partial charge is 0.484 e. The smallest absolute Gasteiger partial charge is 0.258 e. The third kappa shape index (κ3) is 5.06. The molecule has 0 saturated heterocycles. The monoisotopic (exact) mass is 331 g/mol. The highest BCUT2D eigenvalue weighted by atomic mass is 19.1. The molecule has 0 bridgehead atoms. The lowest BCUT2D eigenvalue weighted by atomic mass is 9.99. The van der Waals surface area contributed by atoms with Gasteiger partial charge >= 0.3 is 0 Å².